The van der Waals surface area contributed by atoms with Crippen molar-refractivity contribution in [1.82, 2.24) is 10.2 Å². The molecule has 1 saturated heterocycles. The summed E-state index contributed by atoms with van der Waals surface area (Å²) in [5, 5.41) is 13.2. The number of nitrogens with zero attached hydrogens (tertiary/aromatic N) is 1. The summed E-state index contributed by atoms with van der Waals surface area (Å²) in [7, 11) is 0. The smallest absolute Gasteiger partial charge is 0.310 e. The first-order chi connectivity index (χ1) is 11.5. The van der Waals surface area contributed by atoms with Crippen LogP contribution in [-0.4, -0.2) is 41.7 Å². The van der Waals surface area contributed by atoms with Crippen molar-refractivity contribution in [1.29, 1.82) is 0 Å². The first kappa shape index (κ1) is 18.9. The molecule has 2 unspecified atom stereocenters. The number of nitrogens with one attached hydrogen (secondary N) is 1. The largest absolute Gasteiger partial charge is 0.481 e. The van der Waals surface area contributed by atoms with E-state index in [1.165, 1.54) is 5.56 Å². The molecule has 0 aromatic heterocycles. The molecule has 4 nitrogen and oxygen atoms in total. The number of carbonyl (C=O) groups is 1. The zero-order valence-corrected chi connectivity index (χ0v) is 15.3. The highest BCUT2D eigenvalue weighted by Crippen LogP contribution is 2.27. The number of aliphatic carboxylic acids is 1. The molecule has 0 saturated carbocycles. The number of carboxylic acid groups (broad SMARTS) is 1. The molecule has 2 N–H and O–H groups in total. The van der Waals surface area contributed by atoms with Gasteiger partial charge in [-0.3, -0.25) is 9.69 Å². The van der Waals surface area contributed by atoms with Crippen LogP contribution in [0.4, 0.5) is 0 Å². The number of benzene rings is 1. The van der Waals surface area contributed by atoms with E-state index in [2.05, 4.69) is 41.4 Å². The van der Waals surface area contributed by atoms with Gasteiger partial charge < -0.3 is 10.4 Å². The number of hydrogen-bond donors (Lipinski definition) is 2. The molecule has 0 spiro atoms. The van der Waals surface area contributed by atoms with Gasteiger partial charge in [0.05, 0.1) is 5.41 Å². The zero-order chi connectivity index (χ0) is 17.6. The minimum Gasteiger partial charge on any atom is -0.481 e. The van der Waals surface area contributed by atoms with E-state index in [9.17, 15) is 9.90 Å². The van der Waals surface area contributed by atoms with E-state index < -0.39 is 11.4 Å². The van der Waals surface area contributed by atoms with Gasteiger partial charge in [-0.05, 0) is 30.7 Å². The second kappa shape index (κ2) is 8.63. The first-order valence-electron chi connectivity index (χ1n) is 9.22. The second-order valence-electron chi connectivity index (χ2n) is 7.39. The molecule has 1 heterocycles. The topological polar surface area (TPSA) is 52.6 Å². The lowest BCUT2D eigenvalue weighted by Crippen LogP contribution is -2.52. The molecule has 1 aromatic carbocycles. The van der Waals surface area contributed by atoms with Crippen LogP contribution in [0.15, 0.2) is 30.3 Å². The Balaban J connectivity index is 1.94. The summed E-state index contributed by atoms with van der Waals surface area (Å²) in [6.45, 7) is 9.87. The molecule has 1 fully saturated rings. The van der Waals surface area contributed by atoms with Crippen LogP contribution in [0.25, 0.3) is 0 Å². The fourth-order valence-corrected chi connectivity index (χ4v) is 3.80. The van der Waals surface area contributed by atoms with Crippen LogP contribution < -0.4 is 5.32 Å². The summed E-state index contributed by atoms with van der Waals surface area (Å²) in [4.78, 5) is 14.2. The molecule has 2 atom stereocenters. The number of rotatable bonds is 8. The molecular formula is C20H32N2O2. The summed E-state index contributed by atoms with van der Waals surface area (Å²) in [6, 6.07) is 10.9. The van der Waals surface area contributed by atoms with Gasteiger partial charge in [-0.2, -0.15) is 0 Å². The average molecular weight is 332 g/mol. The minimum absolute atomic E-state index is 0.370. The molecule has 2 rings (SSSR count). The highest BCUT2D eigenvalue weighted by molar-refractivity contribution is 5.74. The van der Waals surface area contributed by atoms with Gasteiger partial charge in [0.25, 0.3) is 0 Å². The van der Waals surface area contributed by atoms with Crippen LogP contribution in [0.2, 0.25) is 0 Å². The van der Waals surface area contributed by atoms with Crippen LogP contribution in [-0.2, 0) is 11.3 Å². The molecule has 0 radical (unpaired) electrons. The van der Waals surface area contributed by atoms with Crippen molar-refractivity contribution in [3.05, 3.63) is 35.9 Å². The normalized spacial score (nSPS) is 22.5. The molecule has 4 heteroatoms. The van der Waals surface area contributed by atoms with Crippen LogP contribution >= 0.6 is 0 Å². The Morgan fingerprint density at radius 1 is 1.25 bits per heavy atom. The molecule has 134 valence electrons. The maximum absolute atomic E-state index is 11.7. The fourth-order valence-electron chi connectivity index (χ4n) is 3.80. The third kappa shape index (κ3) is 4.81. The molecule has 1 aromatic rings. The van der Waals surface area contributed by atoms with Gasteiger partial charge in [-0.1, -0.05) is 51.1 Å². The van der Waals surface area contributed by atoms with E-state index in [1.807, 2.05) is 19.9 Å². The quantitative estimate of drug-likeness (QED) is 0.766. The van der Waals surface area contributed by atoms with Gasteiger partial charge in [0.2, 0.25) is 0 Å². The Bertz CT molecular complexity index is 514. The Kier molecular flexibility index (Phi) is 6.81. The molecule has 0 amide bonds. The molecule has 0 bridgehead atoms. The first-order valence-corrected chi connectivity index (χ1v) is 9.22. The molecular weight excluding hydrogens is 300 g/mol. The van der Waals surface area contributed by atoms with Gasteiger partial charge in [-0.15, -0.1) is 0 Å². The van der Waals surface area contributed by atoms with Crippen LogP contribution in [0.1, 0.15) is 45.6 Å². The van der Waals surface area contributed by atoms with E-state index in [0.29, 0.717) is 31.3 Å². The highest BCUT2D eigenvalue weighted by Gasteiger charge is 2.36. The summed E-state index contributed by atoms with van der Waals surface area (Å²) in [5.41, 5.74) is 0.706. The number of piperidine rings is 1. The summed E-state index contributed by atoms with van der Waals surface area (Å²) < 4.78 is 0. The maximum atomic E-state index is 11.7. The van der Waals surface area contributed by atoms with Crippen molar-refractivity contribution < 1.29 is 9.90 Å². The van der Waals surface area contributed by atoms with Crippen molar-refractivity contribution in [2.75, 3.05) is 19.6 Å². The van der Waals surface area contributed by atoms with Crippen LogP contribution in [0, 0.1) is 11.3 Å². The Morgan fingerprint density at radius 2 is 1.92 bits per heavy atom. The Labute approximate surface area is 146 Å². The predicted molar refractivity (Wildman–Crippen MR) is 97.9 cm³/mol. The Morgan fingerprint density at radius 3 is 2.50 bits per heavy atom. The van der Waals surface area contributed by atoms with Gasteiger partial charge in [0, 0.05) is 32.2 Å². The third-order valence-electron chi connectivity index (χ3n) is 5.52. The van der Waals surface area contributed by atoms with E-state index in [-0.39, 0.29) is 0 Å². The van der Waals surface area contributed by atoms with Gasteiger partial charge in [0.15, 0.2) is 0 Å². The third-order valence-corrected chi connectivity index (χ3v) is 5.52. The van der Waals surface area contributed by atoms with E-state index in [4.69, 9.17) is 0 Å². The fraction of sp³-hybridized carbons (Fsp3) is 0.650. The standard InChI is InChI=1S/C20H32N2O2/c1-4-20(5-2,19(23)24)15-21-18-11-16(3)12-22(14-18)13-17-9-7-6-8-10-17/h6-10,16,18,21H,4-5,11-15H2,1-3H3,(H,23,24). The predicted octanol–water partition coefficient (Wildman–Crippen LogP) is 3.38. The van der Waals surface area contributed by atoms with E-state index in [1.54, 1.807) is 0 Å². The monoisotopic (exact) mass is 332 g/mol. The molecule has 1 aliphatic rings. The lowest BCUT2D eigenvalue weighted by molar-refractivity contribution is -0.149. The summed E-state index contributed by atoms with van der Waals surface area (Å²) in [5.74, 6) is -0.0487. The summed E-state index contributed by atoms with van der Waals surface area (Å²) >= 11 is 0. The SMILES string of the molecule is CCC(CC)(CNC1CC(C)CN(Cc2ccccc2)C1)C(=O)O. The molecule has 1 aliphatic heterocycles. The second-order valence-corrected chi connectivity index (χ2v) is 7.39. The Hall–Kier alpha value is -1.39. The minimum atomic E-state index is -0.676. The van der Waals surface area contributed by atoms with Crippen molar-refractivity contribution in [2.24, 2.45) is 11.3 Å². The summed E-state index contributed by atoms with van der Waals surface area (Å²) in [6.07, 6.45) is 2.46. The zero-order valence-electron chi connectivity index (χ0n) is 15.3. The number of hydrogen-bond acceptors (Lipinski definition) is 3. The van der Waals surface area contributed by atoms with E-state index in [0.717, 1.165) is 26.1 Å². The lowest BCUT2D eigenvalue weighted by Gasteiger charge is -2.38. The van der Waals surface area contributed by atoms with Gasteiger partial charge in [0.1, 0.15) is 0 Å². The highest BCUT2D eigenvalue weighted by atomic mass is 16.4. The van der Waals surface area contributed by atoms with Gasteiger partial charge in [-0.25, -0.2) is 0 Å². The van der Waals surface area contributed by atoms with Crippen molar-refractivity contribution in [2.45, 2.75) is 52.6 Å². The number of likely N-dealkylation sites (tertiary alicyclic amines) is 1. The average Bonchev–Trinajstić information content (AvgIpc) is 2.56. The van der Waals surface area contributed by atoms with Crippen molar-refractivity contribution >= 4 is 5.97 Å². The van der Waals surface area contributed by atoms with E-state index >= 15 is 0 Å². The van der Waals surface area contributed by atoms with Crippen molar-refractivity contribution in [3.8, 4) is 0 Å². The molecule has 24 heavy (non-hydrogen) atoms. The van der Waals surface area contributed by atoms with Gasteiger partial charge >= 0.3 is 5.97 Å². The van der Waals surface area contributed by atoms with Crippen LogP contribution in [0.5, 0.6) is 0 Å². The maximum Gasteiger partial charge on any atom is 0.310 e. The van der Waals surface area contributed by atoms with Crippen molar-refractivity contribution in [3.63, 3.8) is 0 Å². The lowest BCUT2D eigenvalue weighted by atomic mass is 9.82. The number of carboxylic acids is 1. The molecule has 0 aliphatic carbocycles. The van der Waals surface area contributed by atoms with Crippen LogP contribution in [0.3, 0.4) is 0 Å².